The molecule has 0 radical (unpaired) electrons. The summed E-state index contributed by atoms with van der Waals surface area (Å²) in [7, 11) is 2.03. The zero-order chi connectivity index (χ0) is 28.9. The Morgan fingerprint density at radius 2 is 1.83 bits per heavy atom. The number of nitrogens with two attached hydrogens (primary N) is 1. The molecule has 3 aromatic heterocycles. The van der Waals surface area contributed by atoms with E-state index in [9.17, 15) is 0 Å². The number of aromatic nitrogens is 4. The van der Waals surface area contributed by atoms with Gasteiger partial charge in [0.2, 0.25) is 0 Å². The van der Waals surface area contributed by atoms with Crippen LogP contribution in [0.25, 0.3) is 28.3 Å². The molecule has 2 aromatic carbocycles. The number of rotatable bonds is 7. The molecular weight excluding hydrogens is 508 g/mol. The van der Waals surface area contributed by atoms with Crippen molar-refractivity contribution in [3.8, 4) is 28.4 Å². The number of aryl methyl sites for hydroxylation is 3. The average Bonchev–Trinajstić information content (AvgIpc) is 3.57. The Morgan fingerprint density at radius 3 is 2.56 bits per heavy atom. The Labute approximate surface area is 242 Å². The van der Waals surface area contributed by atoms with Crippen molar-refractivity contribution in [3.05, 3.63) is 113 Å². The summed E-state index contributed by atoms with van der Waals surface area (Å²) in [5.74, 6) is 1.82. The van der Waals surface area contributed by atoms with E-state index < -0.39 is 0 Å². The van der Waals surface area contributed by atoms with Gasteiger partial charge >= 0.3 is 0 Å². The molecule has 41 heavy (non-hydrogen) atoms. The first-order chi connectivity index (χ1) is 19.8. The Bertz CT molecular complexity index is 1670. The molecule has 2 N–H and O–H groups in total. The van der Waals surface area contributed by atoms with E-state index >= 15 is 0 Å². The van der Waals surface area contributed by atoms with E-state index in [0.717, 1.165) is 71.4 Å². The standard InChI is InChI=1S/C24H26N6.C10H12O/c1-16-5-7-20(8-6-16)23-24(21-9-11-26-18(3)27-21)30-12-10-19(13-22(30)28-23)15-29(4)14-17(2)25;1-2-8-3-4-10-9(7-8)5-6-11-10/h5-13H,2,14-15,25H2,1,3-4H3;3-4,7H,2,5-6H2,1H3. The van der Waals surface area contributed by atoms with Gasteiger partial charge in [-0.2, -0.15) is 0 Å². The summed E-state index contributed by atoms with van der Waals surface area (Å²) in [5.41, 5.74) is 16.3. The molecule has 0 fully saturated rings. The topological polar surface area (TPSA) is 81.6 Å². The Kier molecular flexibility index (Phi) is 8.45. The van der Waals surface area contributed by atoms with Gasteiger partial charge in [0.25, 0.3) is 0 Å². The first-order valence-electron chi connectivity index (χ1n) is 14.0. The minimum Gasteiger partial charge on any atom is -0.493 e. The van der Waals surface area contributed by atoms with Gasteiger partial charge in [0.05, 0.1) is 23.7 Å². The van der Waals surface area contributed by atoms with Crippen LogP contribution in [-0.2, 0) is 19.4 Å². The molecule has 210 valence electrons. The number of fused-ring (bicyclic) bond motifs is 2. The molecule has 1 aliphatic rings. The highest BCUT2D eigenvalue weighted by Gasteiger charge is 2.18. The van der Waals surface area contributed by atoms with Crippen LogP contribution < -0.4 is 10.5 Å². The zero-order valence-corrected chi connectivity index (χ0v) is 24.4. The molecule has 0 aliphatic carbocycles. The smallest absolute Gasteiger partial charge is 0.138 e. The number of imidazole rings is 1. The third kappa shape index (κ3) is 6.64. The second kappa shape index (κ2) is 12.4. The van der Waals surface area contributed by atoms with Crippen LogP contribution in [0.4, 0.5) is 0 Å². The molecule has 7 nitrogen and oxygen atoms in total. The summed E-state index contributed by atoms with van der Waals surface area (Å²) in [6.45, 7) is 12.2. The second-order valence-electron chi connectivity index (χ2n) is 10.7. The molecule has 0 atom stereocenters. The van der Waals surface area contributed by atoms with Crippen LogP contribution in [0, 0.1) is 13.8 Å². The van der Waals surface area contributed by atoms with E-state index in [4.69, 9.17) is 15.5 Å². The molecule has 0 bridgehead atoms. The Hall–Kier alpha value is -4.49. The highest BCUT2D eigenvalue weighted by Crippen LogP contribution is 2.32. The van der Waals surface area contributed by atoms with Gasteiger partial charge in [0.1, 0.15) is 17.2 Å². The predicted octanol–water partition coefficient (Wildman–Crippen LogP) is 6.16. The van der Waals surface area contributed by atoms with Crippen molar-refractivity contribution < 1.29 is 4.74 Å². The van der Waals surface area contributed by atoms with Crippen molar-refractivity contribution in [1.82, 2.24) is 24.3 Å². The van der Waals surface area contributed by atoms with Crippen LogP contribution in [-0.4, -0.2) is 44.5 Å². The average molecular weight is 547 g/mol. The van der Waals surface area contributed by atoms with E-state index in [1.165, 1.54) is 16.7 Å². The summed E-state index contributed by atoms with van der Waals surface area (Å²) >= 11 is 0. The molecule has 0 amide bonds. The number of benzene rings is 2. The van der Waals surface area contributed by atoms with Gasteiger partial charge in [-0.3, -0.25) is 9.30 Å². The quantitative estimate of drug-likeness (QED) is 0.263. The molecule has 0 spiro atoms. The number of nitrogens with zero attached hydrogens (tertiary/aromatic N) is 5. The molecule has 0 saturated heterocycles. The molecule has 4 heterocycles. The Balaban J connectivity index is 0.000000255. The van der Waals surface area contributed by atoms with Gasteiger partial charge in [-0.15, -0.1) is 0 Å². The highest BCUT2D eigenvalue weighted by atomic mass is 16.5. The monoisotopic (exact) mass is 546 g/mol. The van der Waals surface area contributed by atoms with Crippen molar-refractivity contribution in [2.45, 2.75) is 40.2 Å². The fraction of sp³-hybridized carbons (Fsp3) is 0.265. The van der Waals surface area contributed by atoms with Gasteiger partial charge in [0.15, 0.2) is 0 Å². The SMILES string of the molecule is C=C(N)CN(C)Cc1ccn2c(-c3ccnc(C)n3)c(-c3ccc(C)cc3)nc2c1.CCc1ccc2c(c1)CCO2. The van der Waals surface area contributed by atoms with Gasteiger partial charge in [-0.05, 0) is 68.3 Å². The zero-order valence-electron chi connectivity index (χ0n) is 24.4. The summed E-state index contributed by atoms with van der Waals surface area (Å²) < 4.78 is 7.50. The number of hydrogen-bond donors (Lipinski definition) is 1. The highest BCUT2D eigenvalue weighted by molar-refractivity contribution is 5.80. The van der Waals surface area contributed by atoms with Crippen LogP contribution >= 0.6 is 0 Å². The molecule has 0 unspecified atom stereocenters. The lowest BCUT2D eigenvalue weighted by atomic mass is 10.1. The van der Waals surface area contributed by atoms with Crippen molar-refractivity contribution >= 4 is 5.65 Å². The fourth-order valence-corrected chi connectivity index (χ4v) is 5.10. The third-order valence-corrected chi connectivity index (χ3v) is 7.12. The minimum absolute atomic E-state index is 0.652. The molecule has 7 heteroatoms. The third-order valence-electron chi connectivity index (χ3n) is 7.12. The van der Waals surface area contributed by atoms with Crippen LogP contribution in [0.3, 0.4) is 0 Å². The van der Waals surface area contributed by atoms with E-state index in [2.05, 4.69) is 100 Å². The summed E-state index contributed by atoms with van der Waals surface area (Å²) in [6.07, 6.45) is 6.06. The van der Waals surface area contributed by atoms with E-state index in [1.807, 2.05) is 20.0 Å². The van der Waals surface area contributed by atoms with Crippen molar-refractivity contribution in [2.75, 3.05) is 20.2 Å². The maximum Gasteiger partial charge on any atom is 0.138 e. The second-order valence-corrected chi connectivity index (χ2v) is 10.7. The first-order valence-corrected chi connectivity index (χ1v) is 14.0. The lowest BCUT2D eigenvalue weighted by molar-refractivity contribution is 0.354. The van der Waals surface area contributed by atoms with E-state index in [-0.39, 0.29) is 0 Å². The van der Waals surface area contributed by atoms with Gasteiger partial charge in [-0.25, -0.2) is 15.0 Å². The summed E-state index contributed by atoms with van der Waals surface area (Å²) in [5, 5.41) is 0. The number of hydrogen-bond acceptors (Lipinski definition) is 6. The molecule has 1 aliphatic heterocycles. The maximum absolute atomic E-state index is 5.75. The summed E-state index contributed by atoms with van der Waals surface area (Å²) in [6, 6.07) is 21.1. The van der Waals surface area contributed by atoms with Crippen LogP contribution in [0.2, 0.25) is 0 Å². The Morgan fingerprint density at radius 1 is 1.02 bits per heavy atom. The fourth-order valence-electron chi connectivity index (χ4n) is 5.10. The number of ether oxygens (including phenoxy) is 1. The van der Waals surface area contributed by atoms with Gasteiger partial charge in [0, 0.05) is 43.2 Å². The number of pyridine rings is 1. The van der Waals surface area contributed by atoms with Gasteiger partial charge in [-0.1, -0.05) is 55.5 Å². The molecule has 0 saturated carbocycles. The van der Waals surface area contributed by atoms with Crippen molar-refractivity contribution in [3.63, 3.8) is 0 Å². The lowest BCUT2D eigenvalue weighted by Gasteiger charge is -2.16. The van der Waals surface area contributed by atoms with Crippen LogP contribution in [0.1, 0.15) is 35.0 Å². The molecular formula is C34H38N6O. The summed E-state index contributed by atoms with van der Waals surface area (Å²) in [4.78, 5) is 16.0. The van der Waals surface area contributed by atoms with Crippen molar-refractivity contribution in [1.29, 1.82) is 0 Å². The van der Waals surface area contributed by atoms with E-state index in [1.54, 1.807) is 6.20 Å². The normalized spacial score (nSPS) is 12.1. The van der Waals surface area contributed by atoms with Crippen molar-refractivity contribution in [2.24, 2.45) is 5.73 Å². The molecule has 5 aromatic rings. The van der Waals surface area contributed by atoms with Crippen LogP contribution in [0.15, 0.2) is 85.3 Å². The maximum atomic E-state index is 5.75. The van der Waals surface area contributed by atoms with E-state index in [0.29, 0.717) is 12.2 Å². The largest absolute Gasteiger partial charge is 0.493 e. The predicted molar refractivity (Wildman–Crippen MR) is 166 cm³/mol. The minimum atomic E-state index is 0.652. The van der Waals surface area contributed by atoms with Crippen LogP contribution in [0.5, 0.6) is 5.75 Å². The number of likely N-dealkylation sites (N-methyl/N-ethyl adjacent to an activating group) is 1. The first kappa shape index (κ1) is 28.1. The molecule has 6 rings (SSSR count). The van der Waals surface area contributed by atoms with Gasteiger partial charge < -0.3 is 10.5 Å². The lowest BCUT2D eigenvalue weighted by Crippen LogP contribution is -2.23.